The molecule has 13 heteroatoms. The maximum Gasteiger partial charge on any atom is 0.433 e. The van der Waals surface area contributed by atoms with Gasteiger partial charge in [0, 0.05) is 43.2 Å². The molecular weight excluding hydrogens is 489 g/mol. The molecule has 2 amide bonds. The van der Waals surface area contributed by atoms with Crippen LogP contribution >= 0.6 is 0 Å². The minimum atomic E-state index is -4.81. The molecule has 2 aromatic rings. The van der Waals surface area contributed by atoms with E-state index in [-0.39, 0.29) is 67.9 Å². The molecule has 8 nitrogen and oxygen atoms in total. The SMILES string of the molecule is C[C@H]1CN(C[C@@H](N)CC(=O)N2CCc3c(nc(-c4ccc(F)c(F)c4)nc3C(F)(F)F)C2)C(=O)CO1. The Kier molecular flexibility index (Phi) is 7.23. The van der Waals surface area contributed by atoms with Crippen molar-refractivity contribution in [3.05, 3.63) is 46.8 Å². The Morgan fingerprint density at radius 1 is 1.25 bits per heavy atom. The van der Waals surface area contributed by atoms with Crippen LogP contribution in [0.1, 0.15) is 30.3 Å². The number of fused-ring (bicyclic) bond motifs is 1. The van der Waals surface area contributed by atoms with E-state index in [4.69, 9.17) is 10.5 Å². The maximum absolute atomic E-state index is 13.8. The van der Waals surface area contributed by atoms with Crippen LogP contribution in [0.5, 0.6) is 0 Å². The Bertz CT molecular complexity index is 1180. The number of carbonyl (C=O) groups excluding carboxylic acids is 2. The van der Waals surface area contributed by atoms with Crippen molar-refractivity contribution in [1.29, 1.82) is 0 Å². The molecule has 0 saturated carbocycles. The summed E-state index contributed by atoms with van der Waals surface area (Å²) in [6.45, 7) is 2.02. The average Bonchev–Trinajstić information content (AvgIpc) is 2.81. The lowest BCUT2D eigenvalue weighted by Crippen LogP contribution is -2.51. The van der Waals surface area contributed by atoms with E-state index in [1.807, 2.05) is 6.92 Å². The first kappa shape index (κ1) is 25.9. The molecular formula is C23H24F5N5O3. The third kappa shape index (κ3) is 5.62. The molecule has 0 bridgehead atoms. The van der Waals surface area contributed by atoms with Gasteiger partial charge in [-0.1, -0.05) is 0 Å². The Balaban J connectivity index is 1.53. The van der Waals surface area contributed by atoms with Gasteiger partial charge in [-0.2, -0.15) is 13.2 Å². The van der Waals surface area contributed by atoms with Crippen LogP contribution in [0.25, 0.3) is 11.4 Å². The Morgan fingerprint density at radius 3 is 2.69 bits per heavy atom. The van der Waals surface area contributed by atoms with Crippen LogP contribution < -0.4 is 5.73 Å². The Morgan fingerprint density at radius 2 is 2.00 bits per heavy atom. The van der Waals surface area contributed by atoms with Crippen molar-refractivity contribution in [3.63, 3.8) is 0 Å². The summed E-state index contributed by atoms with van der Waals surface area (Å²) >= 11 is 0. The van der Waals surface area contributed by atoms with Gasteiger partial charge < -0.3 is 20.3 Å². The van der Waals surface area contributed by atoms with Crippen molar-refractivity contribution in [2.75, 3.05) is 26.2 Å². The number of morpholine rings is 1. The first-order valence-electron chi connectivity index (χ1n) is 11.3. The first-order valence-corrected chi connectivity index (χ1v) is 11.3. The molecule has 194 valence electrons. The van der Waals surface area contributed by atoms with E-state index in [1.54, 1.807) is 0 Å². The van der Waals surface area contributed by atoms with Gasteiger partial charge in [-0.3, -0.25) is 9.59 Å². The Hall–Kier alpha value is -3.19. The summed E-state index contributed by atoms with van der Waals surface area (Å²) in [4.78, 5) is 35.5. The molecule has 1 aromatic heterocycles. The molecule has 3 heterocycles. The van der Waals surface area contributed by atoms with Crippen LogP contribution in [0.2, 0.25) is 0 Å². The number of hydrogen-bond donors (Lipinski definition) is 1. The number of carbonyl (C=O) groups is 2. The highest BCUT2D eigenvalue weighted by Crippen LogP contribution is 2.35. The number of benzene rings is 1. The molecule has 2 atom stereocenters. The summed E-state index contributed by atoms with van der Waals surface area (Å²) in [5.41, 5.74) is 4.63. The fourth-order valence-corrected chi connectivity index (χ4v) is 4.29. The van der Waals surface area contributed by atoms with Crippen LogP contribution in [0, 0.1) is 11.6 Å². The topological polar surface area (TPSA) is 102 Å². The molecule has 0 aliphatic carbocycles. The molecule has 1 saturated heterocycles. The Labute approximate surface area is 203 Å². The fourth-order valence-electron chi connectivity index (χ4n) is 4.29. The molecule has 4 rings (SSSR count). The normalized spacial score (nSPS) is 19.3. The minimum Gasteiger partial charge on any atom is -0.367 e. The van der Waals surface area contributed by atoms with Crippen molar-refractivity contribution >= 4 is 11.8 Å². The zero-order valence-electron chi connectivity index (χ0n) is 19.3. The molecule has 0 radical (unpaired) electrons. The van der Waals surface area contributed by atoms with E-state index in [0.29, 0.717) is 6.54 Å². The first-order chi connectivity index (χ1) is 16.9. The number of hydrogen-bond acceptors (Lipinski definition) is 6. The number of nitrogens with zero attached hydrogens (tertiary/aromatic N) is 4. The largest absolute Gasteiger partial charge is 0.433 e. The van der Waals surface area contributed by atoms with Crippen molar-refractivity contribution in [1.82, 2.24) is 19.8 Å². The quantitative estimate of drug-likeness (QED) is 0.616. The second-order valence-corrected chi connectivity index (χ2v) is 8.90. The van der Waals surface area contributed by atoms with Crippen LogP contribution in [-0.4, -0.2) is 70.0 Å². The number of aromatic nitrogens is 2. The molecule has 2 aliphatic heterocycles. The van der Waals surface area contributed by atoms with Crippen molar-refractivity contribution < 1.29 is 36.3 Å². The zero-order valence-corrected chi connectivity index (χ0v) is 19.3. The zero-order chi connectivity index (χ0) is 26.2. The van der Waals surface area contributed by atoms with Crippen LogP contribution in [0.4, 0.5) is 22.0 Å². The standard InChI is InChI=1S/C23H24F5N5O3/c1-12-8-33(20(35)11-36-12)9-14(29)7-19(34)32-5-4-15-18(10-32)30-22(31-21(15)23(26,27)28)13-2-3-16(24)17(25)6-13/h2-3,6,12,14H,4-5,7-11,29H2,1H3/t12-,14-/m0/s1. The van der Waals surface area contributed by atoms with E-state index >= 15 is 0 Å². The van der Waals surface area contributed by atoms with Gasteiger partial charge in [-0.25, -0.2) is 18.7 Å². The number of alkyl halides is 3. The van der Waals surface area contributed by atoms with E-state index in [2.05, 4.69) is 9.97 Å². The number of nitrogens with two attached hydrogens (primary N) is 1. The molecule has 2 aliphatic rings. The molecule has 36 heavy (non-hydrogen) atoms. The van der Waals surface area contributed by atoms with Gasteiger partial charge in [-0.15, -0.1) is 0 Å². The van der Waals surface area contributed by atoms with Gasteiger partial charge in [0.25, 0.3) is 0 Å². The van der Waals surface area contributed by atoms with Crippen LogP contribution in [-0.2, 0) is 33.5 Å². The van der Waals surface area contributed by atoms with Gasteiger partial charge in [0.1, 0.15) is 6.61 Å². The van der Waals surface area contributed by atoms with Gasteiger partial charge in [0.2, 0.25) is 11.8 Å². The molecule has 0 spiro atoms. The summed E-state index contributed by atoms with van der Waals surface area (Å²) in [7, 11) is 0. The lowest BCUT2D eigenvalue weighted by molar-refractivity contribution is -0.148. The van der Waals surface area contributed by atoms with Gasteiger partial charge in [0.05, 0.1) is 18.3 Å². The highest BCUT2D eigenvalue weighted by atomic mass is 19.4. The van der Waals surface area contributed by atoms with Gasteiger partial charge >= 0.3 is 6.18 Å². The number of halogens is 5. The monoisotopic (exact) mass is 513 g/mol. The summed E-state index contributed by atoms with van der Waals surface area (Å²) in [5.74, 6) is -3.46. The third-order valence-electron chi connectivity index (χ3n) is 6.08. The van der Waals surface area contributed by atoms with E-state index in [1.165, 1.54) is 9.80 Å². The maximum atomic E-state index is 13.8. The van der Waals surface area contributed by atoms with E-state index in [0.717, 1.165) is 18.2 Å². The summed E-state index contributed by atoms with van der Waals surface area (Å²) < 4.78 is 73.5. The van der Waals surface area contributed by atoms with Crippen LogP contribution in [0.15, 0.2) is 18.2 Å². The lowest BCUT2D eigenvalue weighted by Gasteiger charge is -2.34. The molecule has 1 aromatic carbocycles. The van der Waals surface area contributed by atoms with Gasteiger partial charge in [-0.05, 0) is 31.5 Å². The third-order valence-corrected chi connectivity index (χ3v) is 6.08. The molecule has 1 fully saturated rings. The smallest absolute Gasteiger partial charge is 0.367 e. The van der Waals surface area contributed by atoms with E-state index in [9.17, 15) is 31.5 Å². The predicted octanol–water partition coefficient (Wildman–Crippen LogP) is 2.29. The molecule has 0 unspecified atom stereocenters. The molecule has 2 N–H and O–H groups in total. The lowest BCUT2D eigenvalue weighted by atomic mass is 10.0. The highest BCUT2D eigenvalue weighted by molar-refractivity contribution is 5.79. The summed E-state index contributed by atoms with van der Waals surface area (Å²) in [5, 5.41) is 0. The van der Waals surface area contributed by atoms with Crippen molar-refractivity contribution in [2.24, 2.45) is 5.73 Å². The predicted molar refractivity (Wildman–Crippen MR) is 116 cm³/mol. The minimum absolute atomic E-state index is 0.00301. The fraction of sp³-hybridized carbons (Fsp3) is 0.478. The highest BCUT2D eigenvalue weighted by Gasteiger charge is 2.39. The van der Waals surface area contributed by atoms with Crippen LogP contribution in [0.3, 0.4) is 0 Å². The van der Waals surface area contributed by atoms with Crippen molar-refractivity contribution in [3.8, 4) is 11.4 Å². The van der Waals surface area contributed by atoms with Crippen molar-refractivity contribution in [2.45, 2.75) is 44.6 Å². The average molecular weight is 513 g/mol. The van der Waals surface area contributed by atoms with E-state index < -0.39 is 41.3 Å². The second kappa shape index (κ2) is 10.1. The number of ether oxygens (including phenoxy) is 1. The summed E-state index contributed by atoms with van der Waals surface area (Å²) in [6.07, 6.45) is -5.23. The number of amides is 2. The number of rotatable bonds is 5. The second-order valence-electron chi connectivity index (χ2n) is 8.90. The summed E-state index contributed by atoms with van der Waals surface area (Å²) in [6, 6.07) is 1.90. The van der Waals surface area contributed by atoms with Gasteiger partial charge in [0.15, 0.2) is 23.2 Å².